The summed E-state index contributed by atoms with van der Waals surface area (Å²) in [7, 11) is 0. The first-order valence-corrected chi connectivity index (χ1v) is 4.53. The summed E-state index contributed by atoms with van der Waals surface area (Å²) in [4.78, 5) is 4.04. The van der Waals surface area contributed by atoms with Crippen molar-refractivity contribution in [3.05, 3.63) is 35.9 Å². The molecular formula is C12H12N2. The van der Waals surface area contributed by atoms with Gasteiger partial charge in [0.05, 0.1) is 11.4 Å². The van der Waals surface area contributed by atoms with Crippen LogP contribution in [0, 0.1) is 0 Å². The van der Waals surface area contributed by atoms with Gasteiger partial charge in [0.1, 0.15) is 0 Å². The van der Waals surface area contributed by atoms with Gasteiger partial charge in [-0.3, -0.25) is 4.99 Å². The third kappa shape index (κ3) is 1.25. The van der Waals surface area contributed by atoms with Crippen molar-refractivity contribution in [2.45, 2.75) is 0 Å². The van der Waals surface area contributed by atoms with E-state index in [0.717, 1.165) is 29.0 Å². The second-order valence-corrected chi connectivity index (χ2v) is 3.11. The Morgan fingerprint density at radius 3 is 3.00 bits per heavy atom. The molecule has 1 aliphatic heterocycles. The Morgan fingerprint density at radius 1 is 1.43 bits per heavy atom. The highest BCUT2D eigenvalue weighted by molar-refractivity contribution is 5.86. The summed E-state index contributed by atoms with van der Waals surface area (Å²) in [6, 6.07) is 4.07. The average Bonchev–Trinajstić information content (AvgIpc) is 2.27. The summed E-state index contributed by atoms with van der Waals surface area (Å²) in [5.74, 6) is 0. The molecule has 2 heteroatoms. The van der Waals surface area contributed by atoms with E-state index in [2.05, 4.69) is 41.8 Å². The number of hydrogen-bond donors (Lipinski definition) is 1. The van der Waals surface area contributed by atoms with Crippen LogP contribution in [0.3, 0.4) is 0 Å². The Bertz CT molecular complexity index is 417. The lowest BCUT2D eigenvalue weighted by atomic mass is 10.0. The highest BCUT2D eigenvalue weighted by Crippen LogP contribution is 2.35. The molecule has 70 valence electrons. The van der Waals surface area contributed by atoms with Crippen LogP contribution < -0.4 is 5.32 Å². The fourth-order valence-electron chi connectivity index (χ4n) is 1.63. The quantitative estimate of drug-likeness (QED) is 0.702. The predicted octanol–water partition coefficient (Wildman–Crippen LogP) is 3.10. The molecule has 0 saturated heterocycles. The van der Waals surface area contributed by atoms with Gasteiger partial charge in [-0.05, 0) is 12.3 Å². The Balaban J connectivity index is 2.68. The molecule has 0 aromatic heterocycles. The van der Waals surface area contributed by atoms with Gasteiger partial charge < -0.3 is 5.32 Å². The maximum atomic E-state index is 4.04. The lowest BCUT2D eigenvalue weighted by Gasteiger charge is -2.16. The van der Waals surface area contributed by atoms with E-state index in [1.807, 2.05) is 6.07 Å². The van der Waals surface area contributed by atoms with Crippen LogP contribution in [0.25, 0.3) is 12.2 Å². The lowest BCUT2D eigenvalue weighted by Crippen LogP contribution is -2.04. The molecule has 0 amide bonds. The summed E-state index contributed by atoms with van der Waals surface area (Å²) in [6.45, 7) is 8.18. The van der Waals surface area contributed by atoms with Crippen molar-refractivity contribution in [2.75, 3.05) is 11.9 Å². The van der Waals surface area contributed by atoms with Crippen LogP contribution in [0.15, 0.2) is 29.8 Å². The molecule has 1 aliphatic rings. The topological polar surface area (TPSA) is 24.4 Å². The smallest absolute Gasteiger partial charge is 0.0931 e. The van der Waals surface area contributed by atoms with Gasteiger partial charge in [-0.2, -0.15) is 0 Å². The van der Waals surface area contributed by atoms with E-state index in [9.17, 15) is 0 Å². The lowest BCUT2D eigenvalue weighted by molar-refractivity contribution is 1.30. The van der Waals surface area contributed by atoms with Gasteiger partial charge in [0.25, 0.3) is 0 Å². The summed E-state index contributed by atoms with van der Waals surface area (Å²) in [6.07, 6.45) is 5.97. The monoisotopic (exact) mass is 184 g/mol. The minimum Gasteiger partial charge on any atom is -0.379 e. The van der Waals surface area contributed by atoms with E-state index in [1.165, 1.54) is 0 Å². The molecule has 14 heavy (non-hydrogen) atoms. The van der Waals surface area contributed by atoms with Gasteiger partial charge in [-0.1, -0.05) is 36.9 Å². The molecule has 0 spiro atoms. The first-order chi connectivity index (χ1) is 6.86. The normalized spacial score (nSPS) is 12.9. The fraction of sp³-hybridized carbons (Fsp3) is 0.0833. The number of aliphatic imine (C=N–C) groups is 1. The zero-order valence-corrected chi connectivity index (χ0v) is 7.96. The Morgan fingerprint density at radius 2 is 2.29 bits per heavy atom. The molecule has 0 fully saturated rings. The van der Waals surface area contributed by atoms with E-state index >= 15 is 0 Å². The van der Waals surface area contributed by atoms with Crippen molar-refractivity contribution in [2.24, 2.45) is 4.99 Å². The van der Waals surface area contributed by atoms with Gasteiger partial charge >= 0.3 is 0 Å². The molecular weight excluding hydrogens is 172 g/mol. The van der Waals surface area contributed by atoms with Crippen molar-refractivity contribution in [3.8, 4) is 0 Å². The molecule has 0 aliphatic carbocycles. The first kappa shape index (κ1) is 8.75. The SMILES string of the molecule is C=Cc1ccc2c(c1N=C)NCC=C2. The molecule has 1 aromatic rings. The average molecular weight is 184 g/mol. The highest BCUT2D eigenvalue weighted by atomic mass is 14.9. The van der Waals surface area contributed by atoms with Crippen LogP contribution in [-0.2, 0) is 0 Å². The minimum atomic E-state index is 0.843. The molecule has 1 heterocycles. The molecule has 2 nitrogen and oxygen atoms in total. The standard InChI is InChI=1S/C12H12N2/c1-3-9-6-7-10-5-4-8-14-12(10)11(9)13-2/h3-7,14H,1-2,8H2. The maximum Gasteiger partial charge on any atom is 0.0931 e. The number of nitrogens with one attached hydrogen (secondary N) is 1. The van der Waals surface area contributed by atoms with Crippen LogP contribution in [0.2, 0.25) is 0 Å². The van der Waals surface area contributed by atoms with E-state index in [0.29, 0.717) is 0 Å². The summed E-state index contributed by atoms with van der Waals surface area (Å²) >= 11 is 0. The zero-order chi connectivity index (χ0) is 9.97. The Kier molecular flexibility index (Phi) is 2.19. The zero-order valence-electron chi connectivity index (χ0n) is 7.96. The molecule has 0 bridgehead atoms. The number of rotatable bonds is 2. The van der Waals surface area contributed by atoms with E-state index < -0.39 is 0 Å². The number of anilines is 1. The fourth-order valence-corrected chi connectivity index (χ4v) is 1.63. The van der Waals surface area contributed by atoms with Crippen molar-refractivity contribution in [1.82, 2.24) is 0 Å². The third-order valence-corrected chi connectivity index (χ3v) is 2.31. The number of benzene rings is 1. The van der Waals surface area contributed by atoms with Gasteiger partial charge in [-0.15, -0.1) is 0 Å². The van der Waals surface area contributed by atoms with Crippen LogP contribution >= 0.6 is 0 Å². The van der Waals surface area contributed by atoms with Crippen molar-refractivity contribution in [3.63, 3.8) is 0 Å². The molecule has 0 atom stereocenters. The van der Waals surface area contributed by atoms with Crippen LogP contribution in [0.5, 0.6) is 0 Å². The van der Waals surface area contributed by atoms with Crippen LogP contribution in [0.1, 0.15) is 11.1 Å². The summed E-state index contributed by atoms with van der Waals surface area (Å²) in [5, 5.41) is 3.29. The van der Waals surface area contributed by atoms with Gasteiger partial charge in [0.15, 0.2) is 0 Å². The van der Waals surface area contributed by atoms with Crippen molar-refractivity contribution < 1.29 is 0 Å². The van der Waals surface area contributed by atoms with Gasteiger partial charge in [0, 0.05) is 12.1 Å². The minimum absolute atomic E-state index is 0.843. The summed E-state index contributed by atoms with van der Waals surface area (Å²) in [5.41, 5.74) is 4.12. The molecule has 0 unspecified atom stereocenters. The maximum absolute atomic E-state index is 4.04. The first-order valence-electron chi connectivity index (χ1n) is 4.53. The molecule has 0 saturated carbocycles. The number of nitrogens with zero attached hydrogens (tertiary/aromatic N) is 1. The van der Waals surface area contributed by atoms with Crippen molar-refractivity contribution in [1.29, 1.82) is 0 Å². The van der Waals surface area contributed by atoms with Crippen LogP contribution in [-0.4, -0.2) is 13.3 Å². The largest absolute Gasteiger partial charge is 0.379 e. The molecule has 2 rings (SSSR count). The van der Waals surface area contributed by atoms with Gasteiger partial charge in [0.2, 0.25) is 0 Å². The Hall–Kier alpha value is -1.83. The van der Waals surface area contributed by atoms with Crippen molar-refractivity contribution >= 4 is 30.2 Å². The Labute approximate surface area is 83.7 Å². The van der Waals surface area contributed by atoms with E-state index in [4.69, 9.17) is 0 Å². The number of fused-ring (bicyclic) bond motifs is 1. The highest BCUT2D eigenvalue weighted by Gasteiger charge is 2.10. The molecule has 1 N–H and O–H groups in total. The van der Waals surface area contributed by atoms with Crippen LogP contribution in [0.4, 0.5) is 11.4 Å². The molecule has 0 radical (unpaired) electrons. The predicted molar refractivity (Wildman–Crippen MR) is 63.3 cm³/mol. The van der Waals surface area contributed by atoms with E-state index in [-0.39, 0.29) is 0 Å². The summed E-state index contributed by atoms with van der Waals surface area (Å²) < 4.78 is 0. The second-order valence-electron chi connectivity index (χ2n) is 3.11. The van der Waals surface area contributed by atoms with E-state index in [1.54, 1.807) is 6.08 Å². The third-order valence-electron chi connectivity index (χ3n) is 2.31. The molecule has 1 aromatic carbocycles. The second kappa shape index (κ2) is 3.50. The van der Waals surface area contributed by atoms with Gasteiger partial charge in [-0.25, -0.2) is 0 Å². The number of hydrogen-bond acceptors (Lipinski definition) is 2.